The van der Waals surface area contributed by atoms with Gasteiger partial charge in [0.05, 0.1) is 11.1 Å². The SMILES string of the molecule is C=C(N=C(N=C(N)c1ccccc1)c1cccc(-c2cccc(-c3ccc4c(c3)C3(C5=C(C=CCC5)c5ccccc53)c3ccccc3-4)c2)c1)C1=CC=CCC1. The summed E-state index contributed by atoms with van der Waals surface area (Å²) in [5.74, 6) is 0.951. The quantitative estimate of drug-likeness (QED) is 0.135. The molecule has 6 aromatic rings. The lowest BCUT2D eigenvalue weighted by Crippen LogP contribution is -2.27. The molecule has 0 heterocycles. The number of nitrogens with two attached hydrogens (primary N) is 1. The van der Waals surface area contributed by atoms with Gasteiger partial charge in [-0.15, -0.1) is 0 Å². The molecule has 0 radical (unpaired) electrons. The van der Waals surface area contributed by atoms with Crippen molar-refractivity contribution in [3.63, 3.8) is 0 Å². The first kappa shape index (κ1) is 33.7. The first-order valence-electron chi connectivity index (χ1n) is 19.6. The summed E-state index contributed by atoms with van der Waals surface area (Å²) in [6, 6.07) is 52.4. The fourth-order valence-electron chi connectivity index (χ4n) is 9.29. The largest absolute Gasteiger partial charge is 0.383 e. The van der Waals surface area contributed by atoms with Crippen LogP contribution in [0.5, 0.6) is 0 Å². The standard InChI is InChI=1S/C53H41N3/c1-35(36-16-4-2-5-17-36)55-52(56-51(54)37-18-6-3-7-19-37)42-23-15-22-40(33-42)38-20-14-21-39(32-38)41-30-31-46-45-26-10-13-29-49(45)53(50(46)34-41)47-27-11-8-24-43(47)44-25-9-12-28-48(44)53/h2-4,6-11,13-16,18-27,29-34H,1,5,12,17,28H2,(H2,54,55,56). The summed E-state index contributed by atoms with van der Waals surface area (Å²) in [5.41, 5.74) is 25.6. The van der Waals surface area contributed by atoms with Crippen molar-refractivity contribution >= 4 is 17.2 Å². The minimum Gasteiger partial charge on any atom is -0.383 e. The number of hydrogen-bond donors (Lipinski definition) is 1. The molecule has 0 bridgehead atoms. The maximum Gasteiger partial charge on any atom is 0.162 e. The molecular formula is C53H41N3. The van der Waals surface area contributed by atoms with Crippen molar-refractivity contribution in [2.45, 2.75) is 31.1 Å². The Morgan fingerprint density at radius 1 is 0.554 bits per heavy atom. The lowest BCUT2D eigenvalue weighted by molar-refractivity contribution is 0.714. The Hall–Kier alpha value is -6.84. The van der Waals surface area contributed by atoms with Crippen molar-refractivity contribution in [1.29, 1.82) is 0 Å². The molecule has 268 valence electrons. The van der Waals surface area contributed by atoms with Gasteiger partial charge in [-0.05, 0) is 116 Å². The highest BCUT2D eigenvalue weighted by Crippen LogP contribution is 2.63. The van der Waals surface area contributed by atoms with E-state index in [1.165, 1.54) is 55.7 Å². The van der Waals surface area contributed by atoms with Crippen LogP contribution in [-0.2, 0) is 5.41 Å². The highest BCUT2D eigenvalue weighted by atomic mass is 15.0. The van der Waals surface area contributed by atoms with Gasteiger partial charge in [-0.2, -0.15) is 0 Å². The summed E-state index contributed by atoms with van der Waals surface area (Å²) in [7, 11) is 0. The summed E-state index contributed by atoms with van der Waals surface area (Å²) < 4.78 is 0. The first-order chi connectivity index (χ1) is 27.6. The average molecular weight is 720 g/mol. The van der Waals surface area contributed by atoms with E-state index in [1.807, 2.05) is 30.3 Å². The van der Waals surface area contributed by atoms with Gasteiger partial charge in [-0.3, -0.25) is 0 Å². The Morgan fingerprint density at radius 2 is 1.20 bits per heavy atom. The topological polar surface area (TPSA) is 50.7 Å². The van der Waals surface area contributed by atoms with E-state index in [9.17, 15) is 0 Å². The van der Waals surface area contributed by atoms with Crippen LogP contribution in [0.15, 0.2) is 209 Å². The van der Waals surface area contributed by atoms with Crippen molar-refractivity contribution in [3.8, 4) is 33.4 Å². The molecule has 0 amide bonds. The third-order valence-electron chi connectivity index (χ3n) is 11.9. The average Bonchev–Trinajstić information content (AvgIpc) is 3.74. The molecule has 1 unspecified atom stereocenters. The van der Waals surface area contributed by atoms with Crippen LogP contribution in [0.4, 0.5) is 0 Å². The maximum absolute atomic E-state index is 6.60. The highest BCUT2D eigenvalue weighted by molar-refractivity contribution is 6.11. The van der Waals surface area contributed by atoms with E-state index in [0.717, 1.165) is 53.5 Å². The second kappa shape index (κ2) is 13.8. The van der Waals surface area contributed by atoms with Gasteiger partial charge in [0.25, 0.3) is 0 Å². The Labute approximate surface area is 329 Å². The Kier molecular flexibility index (Phi) is 8.30. The molecule has 1 spiro atoms. The van der Waals surface area contributed by atoms with Crippen molar-refractivity contribution < 1.29 is 0 Å². The molecule has 10 rings (SSSR count). The van der Waals surface area contributed by atoms with Gasteiger partial charge in [0, 0.05) is 11.1 Å². The molecule has 2 N–H and O–H groups in total. The van der Waals surface area contributed by atoms with E-state index in [1.54, 1.807) is 0 Å². The maximum atomic E-state index is 6.60. The molecule has 0 saturated carbocycles. The van der Waals surface area contributed by atoms with Crippen LogP contribution in [0.1, 0.15) is 59.1 Å². The van der Waals surface area contributed by atoms with Crippen molar-refractivity contribution in [2.24, 2.45) is 15.7 Å². The van der Waals surface area contributed by atoms with E-state index >= 15 is 0 Å². The van der Waals surface area contributed by atoms with Crippen LogP contribution in [0.3, 0.4) is 0 Å². The summed E-state index contributed by atoms with van der Waals surface area (Å²) >= 11 is 0. The third kappa shape index (κ3) is 5.50. The molecule has 0 aliphatic heterocycles. The number of hydrogen-bond acceptors (Lipinski definition) is 1. The Bertz CT molecular complexity index is 2770. The van der Waals surface area contributed by atoms with Crippen molar-refractivity contribution in [1.82, 2.24) is 0 Å². The molecule has 3 nitrogen and oxygen atoms in total. The van der Waals surface area contributed by atoms with E-state index in [2.05, 4.69) is 152 Å². The zero-order valence-corrected chi connectivity index (χ0v) is 31.3. The van der Waals surface area contributed by atoms with Crippen LogP contribution in [0.25, 0.3) is 39.0 Å². The molecule has 0 saturated heterocycles. The zero-order valence-electron chi connectivity index (χ0n) is 31.3. The van der Waals surface area contributed by atoms with Crippen molar-refractivity contribution in [3.05, 3.63) is 233 Å². The van der Waals surface area contributed by atoms with Crippen molar-refractivity contribution in [2.75, 3.05) is 0 Å². The molecule has 6 aromatic carbocycles. The number of nitrogens with zero attached hydrogens (tertiary/aromatic N) is 2. The van der Waals surface area contributed by atoms with Gasteiger partial charge < -0.3 is 5.73 Å². The summed E-state index contributed by atoms with van der Waals surface area (Å²) in [4.78, 5) is 9.92. The van der Waals surface area contributed by atoms with Crippen LogP contribution < -0.4 is 5.73 Å². The molecule has 3 heteroatoms. The van der Waals surface area contributed by atoms with Gasteiger partial charge in [-0.1, -0.05) is 164 Å². The van der Waals surface area contributed by atoms with Crippen LogP contribution >= 0.6 is 0 Å². The van der Waals surface area contributed by atoms with Gasteiger partial charge in [-0.25, -0.2) is 9.98 Å². The number of aliphatic imine (C=N–C) groups is 2. The van der Waals surface area contributed by atoms with Crippen LogP contribution in [0, 0.1) is 0 Å². The molecule has 4 aliphatic carbocycles. The molecule has 0 fully saturated rings. The normalized spacial score (nSPS) is 18.0. The predicted octanol–water partition coefficient (Wildman–Crippen LogP) is 12.4. The number of amidine groups is 2. The smallest absolute Gasteiger partial charge is 0.162 e. The van der Waals surface area contributed by atoms with Crippen LogP contribution in [-0.4, -0.2) is 11.7 Å². The van der Waals surface area contributed by atoms with Gasteiger partial charge in [0.1, 0.15) is 5.84 Å². The molecule has 0 aromatic heterocycles. The summed E-state index contributed by atoms with van der Waals surface area (Å²) in [5, 5.41) is 0. The first-order valence-corrected chi connectivity index (χ1v) is 19.6. The summed E-state index contributed by atoms with van der Waals surface area (Å²) in [6.45, 7) is 4.34. The Balaban J connectivity index is 1.06. The fourth-order valence-corrected chi connectivity index (χ4v) is 9.29. The Morgan fingerprint density at radius 3 is 1.98 bits per heavy atom. The zero-order chi connectivity index (χ0) is 37.6. The second-order valence-electron chi connectivity index (χ2n) is 15.0. The van der Waals surface area contributed by atoms with E-state index in [0.29, 0.717) is 17.4 Å². The minimum absolute atomic E-state index is 0.295. The second-order valence-corrected chi connectivity index (χ2v) is 15.0. The number of rotatable bonds is 6. The monoisotopic (exact) mass is 719 g/mol. The lowest BCUT2D eigenvalue weighted by Gasteiger charge is -2.33. The fraction of sp³-hybridized carbons (Fsp3) is 0.0943. The minimum atomic E-state index is -0.295. The number of allylic oxidation sites excluding steroid dienone is 8. The molecule has 1 atom stereocenters. The predicted molar refractivity (Wildman–Crippen MR) is 234 cm³/mol. The molecular weight excluding hydrogens is 679 g/mol. The van der Waals surface area contributed by atoms with E-state index in [4.69, 9.17) is 15.7 Å². The van der Waals surface area contributed by atoms with Crippen LogP contribution in [0.2, 0.25) is 0 Å². The third-order valence-corrected chi connectivity index (χ3v) is 11.9. The number of fused-ring (bicyclic) bond motifs is 9. The highest BCUT2D eigenvalue weighted by Gasteiger charge is 2.52. The van der Waals surface area contributed by atoms with E-state index in [-0.39, 0.29) is 5.41 Å². The van der Waals surface area contributed by atoms with Gasteiger partial charge in [0.15, 0.2) is 5.84 Å². The molecule has 4 aliphatic rings. The lowest BCUT2D eigenvalue weighted by atomic mass is 9.68. The van der Waals surface area contributed by atoms with Gasteiger partial charge in [0.2, 0.25) is 0 Å². The molecule has 56 heavy (non-hydrogen) atoms. The van der Waals surface area contributed by atoms with Gasteiger partial charge >= 0.3 is 0 Å². The number of benzene rings is 6. The summed E-state index contributed by atoms with van der Waals surface area (Å²) in [6.07, 6.45) is 15.0. The van der Waals surface area contributed by atoms with E-state index < -0.39 is 0 Å².